The fourth-order valence-electron chi connectivity index (χ4n) is 3.06. The number of carbonyl (C=O) groups is 2. The molecule has 28 heavy (non-hydrogen) atoms. The summed E-state index contributed by atoms with van der Waals surface area (Å²) in [5.74, 6) is -0.412. The molecule has 1 aliphatic rings. The zero-order chi connectivity index (χ0) is 20.9. The molecule has 1 saturated heterocycles. The number of aromatic nitrogens is 1. The second-order valence-corrected chi connectivity index (χ2v) is 8.13. The van der Waals surface area contributed by atoms with Gasteiger partial charge in [0.25, 0.3) is 5.91 Å². The molecule has 2 rings (SSSR count). The number of likely N-dealkylation sites (tertiary alicyclic amines) is 1. The van der Waals surface area contributed by atoms with Crippen molar-refractivity contribution in [2.45, 2.75) is 45.3 Å². The highest BCUT2D eigenvalue weighted by Crippen LogP contribution is 2.27. The van der Waals surface area contributed by atoms with Gasteiger partial charge in [-0.15, -0.1) is 0 Å². The highest BCUT2D eigenvalue weighted by atomic mass is 19.4. The van der Waals surface area contributed by atoms with Gasteiger partial charge in [0, 0.05) is 12.1 Å². The highest BCUT2D eigenvalue weighted by Gasteiger charge is 2.33. The van der Waals surface area contributed by atoms with Crippen LogP contribution in [-0.2, 0) is 11.0 Å². The summed E-state index contributed by atoms with van der Waals surface area (Å²) in [4.78, 5) is 29.5. The van der Waals surface area contributed by atoms with Crippen LogP contribution in [-0.4, -0.2) is 53.4 Å². The number of alkyl halides is 3. The Morgan fingerprint density at radius 3 is 2.39 bits per heavy atom. The highest BCUT2D eigenvalue weighted by molar-refractivity contribution is 5.92. The summed E-state index contributed by atoms with van der Waals surface area (Å²) >= 11 is 0. The molecule has 0 saturated carbocycles. The first-order chi connectivity index (χ1) is 12.9. The Bertz CT molecular complexity index is 693. The number of carbonyl (C=O) groups excluding carboxylic acids is 2. The van der Waals surface area contributed by atoms with Gasteiger partial charge in [-0.2, -0.15) is 13.2 Å². The van der Waals surface area contributed by atoms with E-state index >= 15 is 0 Å². The van der Waals surface area contributed by atoms with Crippen molar-refractivity contribution in [2.75, 3.05) is 26.2 Å². The van der Waals surface area contributed by atoms with E-state index in [4.69, 9.17) is 0 Å². The first-order valence-corrected chi connectivity index (χ1v) is 9.30. The van der Waals surface area contributed by atoms with Crippen molar-refractivity contribution in [3.63, 3.8) is 0 Å². The summed E-state index contributed by atoms with van der Waals surface area (Å²) in [5.41, 5.74) is -1.59. The van der Waals surface area contributed by atoms with E-state index in [1.54, 1.807) is 0 Å². The molecule has 0 radical (unpaired) electrons. The topological polar surface area (TPSA) is 74.3 Å². The van der Waals surface area contributed by atoms with E-state index in [1.807, 2.05) is 20.8 Å². The van der Waals surface area contributed by atoms with Gasteiger partial charge in [0.05, 0.1) is 6.54 Å². The van der Waals surface area contributed by atoms with Crippen LogP contribution in [0.4, 0.5) is 13.2 Å². The lowest BCUT2D eigenvalue weighted by molar-refractivity contribution is -0.141. The lowest BCUT2D eigenvalue weighted by Gasteiger charge is -2.32. The number of halogens is 3. The van der Waals surface area contributed by atoms with Gasteiger partial charge in [0.15, 0.2) is 0 Å². The number of hydrogen-bond donors (Lipinski definition) is 2. The zero-order valence-electron chi connectivity index (χ0n) is 16.4. The van der Waals surface area contributed by atoms with Crippen LogP contribution in [0, 0.1) is 5.92 Å². The van der Waals surface area contributed by atoms with Gasteiger partial charge in [-0.05, 0) is 64.8 Å². The van der Waals surface area contributed by atoms with Crippen molar-refractivity contribution in [1.29, 1.82) is 0 Å². The van der Waals surface area contributed by atoms with E-state index in [0.717, 1.165) is 32.0 Å². The summed E-state index contributed by atoms with van der Waals surface area (Å²) in [6.45, 7) is 7.97. The van der Waals surface area contributed by atoms with Crippen molar-refractivity contribution in [3.05, 3.63) is 29.6 Å². The van der Waals surface area contributed by atoms with Crippen molar-refractivity contribution >= 4 is 11.8 Å². The fraction of sp³-hybridized carbons (Fsp3) is 0.632. The predicted octanol–water partition coefficient (Wildman–Crippen LogP) is 2.46. The number of amides is 2. The van der Waals surface area contributed by atoms with E-state index in [-0.39, 0.29) is 23.1 Å². The number of pyridine rings is 1. The summed E-state index contributed by atoms with van der Waals surface area (Å²) in [5, 5.41) is 5.59. The second kappa shape index (κ2) is 8.89. The van der Waals surface area contributed by atoms with Gasteiger partial charge >= 0.3 is 6.18 Å². The van der Waals surface area contributed by atoms with Gasteiger partial charge in [0.2, 0.25) is 5.91 Å². The normalized spacial score (nSPS) is 16.6. The molecule has 2 N–H and O–H groups in total. The molecule has 0 bridgehead atoms. The molecule has 6 nitrogen and oxygen atoms in total. The van der Waals surface area contributed by atoms with Crippen molar-refractivity contribution in [1.82, 2.24) is 20.5 Å². The Hall–Kier alpha value is -2.16. The van der Waals surface area contributed by atoms with Crippen LogP contribution in [0.1, 0.15) is 49.8 Å². The first-order valence-electron chi connectivity index (χ1n) is 9.30. The van der Waals surface area contributed by atoms with Gasteiger partial charge < -0.3 is 10.6 Å². The van der Waals surface area contributed by atoms with Crippen LogP contribution >= 0.6 is 0 Å². The number of nitrogens with zero attached hydrogens (tertiary/aromatic N) is 2. The number of nitrogens with one attached hydrogen (secondary N) is 2. The minimum absolute atomic E-state index is 0.0186. The third-order valence-electron chi connectivity index (χ3n) is 4.41. The Kier molecular flexibility index (Phi) is 7.03. The largest absolute Gasteiger partial charge is 0.433 e. The molecule has 2 amide bonds. The average molecular weight is 400 g/mol. The molecule has 0 unspecified atom stereocenters. The monoisotopic (exact) mass is 400 g/mol. The van der Waals surface area contributed by atoms with E-state index < -0.39 is 17.8 Å². The zero-order valence-corrected chi connectivity index (χ0v) is 16.4. The predicted molar refractivity (Wildman–Crippen MR) is 98.6 cm³/mol. The lowest BCUT2D eigenvalue weighted by atomic mass is 9.96. The Labute approximate surface area is 162 Å². The van der Waals surface area contributed by atoms with E-state index in [1.165, 1.54) is 12.1 Å². The molecule has 0 atom stereocenters. The van der Waals surface area contributed by atoms with E-state index in [9.17, 15) is 22.8 Å². The SMILES string of the molecule is CC(C)(C)NC(=O)CN1CCC(CNC(=O)c2cccc(C(F)(F)F)n2)CC1. The molecule has 2 heterocycles. The van der Waals surface area contributed by atoms with Gasteiger partial charge in [-0.1, -0.05) is 6.07 Å². The van der Waals surface area contributed by atoms with Gasteiger partial charge in [-0.25, -0.2) is 4.98 Å². The average Bonchev–Trinajstić information content (AvgIpc) is 2.58. The van der Waals surface area contributed by atoms with Crippen LogP contribution < -0.4 is 10.6 Å². The summed E-state index contributed by atoms with van der Waals surface area (Å²) in [6.07, 6.45) is -2.97. The van der Waals surface area contributed by atoms with Crippen molar-refractivity contribution < 1.29 is 22.8 Å². The summed E-state index contributed by atoms with van der Waals surface area (Å²) in [7, 11) is 0. The molecular weight excluding hydrogens is 373 g/mol. The Morgan fingerprint density at radius 1 is 1.18 bits per heavy atom. The fourth-order valence-corrected chi connectivity index (χ4v) is 3.06. The molecule has 1 aromatic heterocycles. The summed E-state index contributed by atoms with van der Waals surface area (Å²) in [6, 6.07) is 3.27. The lowest BCUT2D eigenvalue weighted by Crippen LogP contribution is -2.48. The standard InChI is InChI=1S/C19H27F3N4O2/c1-18(2,3)25-16(27)12-26-9-7-13(8-10-26)11-23-17(28)14-5-4-6-15(24-14)19(20,21)22/h4-6,13H,7-12H2,1-3H3,(H,23,28)(H,25,27). The van der Waals surface area contributed by atoms with Crippen LogP contribution in [0.25, 0.3) is 0 Å². The molecule has 0 spiro atoms. The van der Waals surface area contributed by atoms with Gasteiger partial charge in [0.1, 0.15) is 11.4 Å². The number of piperidine rings is 1. The number of hydrogen-bond acceptors (Lipinski definition) is 4. The van der Waals surface area contributed by atoms with Gasteiger partial charge in [-0.3, -0.25) is 14.5 Å². The third-order valence-corrected chi connectivity index (χ3v) is 4.41. The van der Waals surface area contributed by atoms with Crippen molar-refractivity contribution in [3.8, 4) is 0 Å². The van der Waals surface area contributed by atoms with Crippen LogP contribution in [0.15, 0.2) is 18.2 Å². The van der Waals surface area contributed by atoms with Crippen molar-refractivity contribution in [2.24, 2.45) is 5.92 Å². The first kappa shape index (κ1) is 22.1. The van der Waals surface area contributed by atoms with E-state index in [2.05, 4.69) is 20.5 Å². The minimum atomic E-state index is -4.58. The molecule has 0 aromatic carbocycles. The maximum atomic E-state index is 12.7. The quantitative estimate of drug-likeness (QED) is 0.796. The molecule has 1 aromatic rings. The third kappa shape index (κ3) is 7.10. The maximum Gasteiger partial charge on any atom is 0.433 e. The minimum Gasteiger partial charge on any atom is -0.350 e. The molecule has 1 fully saturated rings. The molecule has 0 aliphatic carbocycles. The molecule has 1 aliphatic heterocycles. The van der Waals surface area contributed by atoms with E-state index in [0.29, 0.717) is 13.1 Å². The summed E-state index contributed by atoms with van der Waals surface area (Å²) < 4.78 is 38.1. The molecule has 156 valence electrons. The molecule has 9 heteroatoms. The molecular formula is C19H27F3N4O2. The van der Waals surface area contributed by atoms with Crippen LogP contribution in [0.3, 0.4) is 0 Å². The van der Waals surface area contributed by atoms with Crippen LogP contribution in [0.5, 0.6) is 0 Å². The smallest absolute Gasteiger partial charge is 0.350 e. The maximum absolute atomic E-state index is 12.7. The van der Waals surface area contributed by atoms with Crippen LogP contribution in [0.2, 0.25) is 0 Å². The number of rotatable bonds is 5. The second-order valence-electron chi connectivity index (χ2n) is 8.13. The Balaban J connectivity index is 1.77. The Morgan fingerprint density at radius 2 is 1.82 bits per heavy atom.